The van der Waals surface area contributed by atoms with E-state index in [4.69, 9.17) is 25.4 Å². The van der Waals surface area contributed by atoms with Gasteiger partial charge in [-0.25, -0.2) is 0 Å². The smallest absolute Gasteiger partial charge is 0.303 e. The van der Waals surface area contributed by atoms with E-state index in [2.05, 4.69) is 5.92 Å². The van der Waals surface area contributed by atoms with E-state index in [0.29, 0.717) is 0 Å². The van der Waals surface area contributed by atoms with E-state index >= 15 is 0 Å². The van der Waals surface area contributed by atoms with Gasteiger partial charge in [0.25, 0.3) is 0 Å². The molecule has 0 unspecified atom stereocenters. The molecule has 0 spiro atoms. The summed E-state index contributed by atoms with van der Waals surface area (Å²) >= 11 is 0. The van der Waals surface area contributed by atoms with Crippen LogP contribution >= 0.6 is 0 Å². The maximum atomic E-state index is 11.0. The monoisotopic (exact) mass is 300 g/mol. The molecule has 116 valence electrons. The molecule has 1 aliphatic rings. The summed E-state index contributed by atoms with van der Waals surface area (Å²) < 4.78 is 19.9. The van der Waals surface area contributed by atoms with Gasteiger partial charge in [0.15, 0.2) is 17.6 Å². The van der Waals surface area contributed by atoms with E-state index in [0.717, 1.165) is 6.92 Å². The Bertz CT molecular complexity index is 475. The highest BCUT2D eigenvalue weighted by atomic mass is 16.7. The Hall–Kier alpha value is -2.24. The molecule has 0 aromatic carbocycles. The Kier molecular flexibility index (Phi) is 6.02. The maximum Gasteiger partial charge on any atom is 0.303 e. The zero-order valence-corrected chi connectivity index (χ0v) is 11.6. The Labute approximate surface area is 121 Å². The molecular weight excluding hydrogens is 284 g/mol. The summed E-state index contributed by atoms with van der Waals surface area (Å²) in [6.45, 7) is 1.82. The molecule has 0 bridgehead atoms. The zero-order chi connectivity index (χ0) is 16.0. The number of aliphatic hydroxyl groups is 2. The topological polar surface area (TPSA) is 112 Å². The molecule has 21 heavy (non-hydrogen) atoms. The Morgan fingerprint density at radius 3 is 2.48 bits per heavy atom. The van der Waals surface area contributed by atoms with Gasteiger partial charge in [-0.15, -0.1) is 6.42 Å². The van der Waals surface area contributed by atoms with Crippen molar-refractivity contribution in [2.75, 3.05) is 13.2 Å². The van der Waals surface area contributed by atoms with Crippen LogP contribution in [0.25, 0.3) is 0 Å². The molecule has 0 saturated heterocycles. The molecule has 1 heterocycles. The SMILES string of the molecule is C#CCO[C@H]1O[C@H](COC(C)=O)[C@@H](OC(C)=O)C(O)=C1O. The van der Waals surface area contributed by atoms with Crippen LogP contribution in [0.1, 0.15) is 13.8 Å². The van der Waals surface area contributed by atoms with Gasteiger partial charge < -0.3 is 29.2 Å². The van der Waals surface area contributed by atoms with Crippen molar-refractivity contribution in [2.45, 2.75) is 32.3 Å². The highest BCUT2D eigenvalue weighted by molar-refractivity contribution is 5.67. The van der Waals surface area contributed by atoms with E-state index in [1.54, 1.807) is 0 Å². The largest absolute Gasteiger partial charge is 0.505 e. The molecule has 0 saturated carbocycles. The van der Waals surface area contributed by atoms with Gasteiger partial charge in [0.2, 0.25) is 6.29 Å². The maximum absolute atomic E-state index is 11.0. The van der Waals surface area contributed by atoms with Crippen LogP contribution in [-0.4, -0.2) is 53.9 Å². The van der Waals surface area contributed by atoms with Crippen LogP contribution < -0.4 is 0 Å². The van der Waals surface area contributed by atoms with E-state index < -0.39 is 42.0 Å². The average molecular weight is 300 g/mol. The van der Waals surface area contributed by atoms with Crippen molar-refractivity contribution in [3.8, 4) is 12.3 Å². The fourth-order valence-corrected chi connectivity index (χ4v) is 1.62. The minimum Gasteiger partial charge on any atom is -0.505 e. The summed E-state index contributed by atoms with van der Waals surface area (Å²) in [5.41, 5.74) is 0. The Balaban J connectivity index is 2.93. The Morgan fingerprint density at radius 2 is 1.95 bits per heavy atom. The molecule has 2 N–H and O–H groups in total. The van der Waals surface area contributed by atoms with Gasteiger partial charge in [-0.2, -0.15) is 0 Å². The van der Waals surface area contributed by atoms with E-state index in [9.17, 15) is 19.8 Å². The van der Waals surface area contributed by atoms with Crippen molar-refractivity contribution in [3.63, 3.8) is 0 Å². The predicted molar refractivity (Wildman–Crippen MR) is 67.9 cm³/mol. The van der Waals surface area contributed by atoms with Crippen LogP contribution in [0.2, 0.25) is 0 Å². The summed E-state index contributed by atoms with van der Waals surface area (Å²) in [6, 6.07) is 0. The van der Waals surface area contributed by atoms with E-state index in [1.165, 1.54) is 6.92 Å². The predicted octanol–water partition coefficient (Wildman–Crippen LogP) is 0.184. The molecule has 0 radical (unpaired) electrons. The van der Waals surface area contributed by atoms with Crippen LogP contribution in [0.3, 0.4) is 0 Å². The molecule has 0 amide bonds. The van der Waals surface area contributed by atoms with E-state index in [1.807, 2.05) is 0 Å². The second kappa shape index (κ2) is 7.52. The van der Waals surface area contributed by atoms with Gasteiger partial charge in [0.1, 0.15) is 19.3 Å². The average Bonchev–Trinajstić information content (AvgIpc) is 2.41. The molecular formula is C13H16O8. The van der Waals surface area contributed by atoms with Gasteiger partial charge in [0, 0.05) is 13.8 Å². The third-order valence-corrected chi connectivity index (χ3v) is 2.45. The van der Waals surface area contributed by atoms with Crippen LogP contribution in [0.5, 0.6) is 0 Å². The van der Waals surface area contributed by atoms with Gasteiger partial charge in [-0.3, -0.25) is 9.59 Å². The normalized spacial score (nSPS) is 25.1. The Morgan fingerprint density at radius 1 is 1.29 bits per heavy atom. The van der Waals surface area contributed by atoms with Crippen molar-refractivity contribution in [1.82, 2.24) is 0 Å². The number of rotatable bonds is 5. The third-order valence-electron chi connectivity index (χ3n) is 2.45. The second-order valence-electron chi connectivity index (χ2n) is 4.12. The summed E-state index contributed by atoms with van der Waals surface area (Å²) in [4.78, 5) is 21.9. The quantitative estimate of drug-likeness (QED) is 0.546. The summed E-state index contributed by atoms with van der Waals surface area (Å²) in [7, 11) is 0. The standard InChI is InChI=1S/C13H16O8/c1-4-5-18-13-11(17)10(16)12(20-8(3)15)9(21-13)6-19-7(2)14/h1,9,12-13,16-17H,5-6H2,2-3H3/t9-,12-,13+/m1/s1. The van der Waals surface area contributed by atoms with Crippen molar-refractivity contribution in [2.24, 2.45) is 0 Å². The van der Waals surface area contributed by atoms with Crippen LogP contribution in [0, 0.1) is 12.3 Å². The van der Waals surface area contributed by atoms with Crippen molar-refractivity contribution in [1.29, 1.82) is 0 Å². The molecule has 0 aliphatic carbocycles. The molecule has 8 heteroatoms. The summed E-state index contributed by atoms with van der Waals surface area (Å²) in [6.07, 6.45) is 1.33. The fourth-order valence-electron chi connectivity index (χ4n) is 1.62. The lowest BCUT2D eigenvalue weighted by Gasteiger charge is -2.34. The number of ether oxygens (including phenoxy) is 4. The lowest BCUT2D eigenvalue weighted by Crippen LogP contribution is -2.47. The lowest BCUT2D eigenvalue weighted by molar-refractivity contribution is -0.217. The number of esters is 2. The number of carbonyl (C=O) groups excluding carboxylic acids is 2. The number of terminal acetylenes is 1. The molecule has 0 aromatic rings. The first-order valence-corrected chi connectivity index (χ1v) is 6.00. The van der Waals surface area contributed by atoms with Crippen LogP contribution in [0.15, 0.2) is 11.5 Å². The minimum absolute atomic E-state index is 0.180. The fraction of sp³-hybridized carbons (Fsp3) is 0.538. The number of carbonyl (C=O) groups is 2. The third kappa shape index (κ3) is 4.66. The van der Waals surface area contributed by atoms with Gasteiger partial charge >= 0.3 is 11.9 Å². The zero-order valence-electron chi connectivity index (χ0n) is 11.6. The first-order chi connectivity index (χ1) is 9.86. The molecule has 1 rings (SSSR count). The molecule has 3 atom stereocenters. The molecule has 1 aliphatic heterocycles. The molecule has 0 aromatic heterocycles. The van der Waals surface area contributed by atoms with Crippen LogP contribution in [0.4, 0.5) is 0 Å². The minimum atomic E-state index is -1.34. The first kappa shape index (κ1) is 16.8. The van der Waals surface area contributed by atoms with Crippen molar-refractivity contribution in [3.05, 3.63) is 11.5 Å². The lowest BCUT2D eigenvalue weighted by atomic mass is 10.1. The van der Waals surface area contributed by atoms with Crippen molar-refractivity contribution < 1.29 is 38.7 Å². The number of hydrogen-bond acceptors (Lipinski definition) is 8. The summed E-state index contributed by atoms with van der Waals surface area (Å²) in [5, 5.41) is 19.6. The first-order valence-electron chi connectivity index (χ1n) is 6.00. The van der Waals surface area contributed by atoms with Gasteiger partial charge in [-0.1, -0.05) is 5.92 Å². The van der Waals surface area contributed by atoms with Gasteiger partial charge in [-0.05, 0) is 0 Å². The highest BCUT2D eigenvalue weighted by Crippen LogP contribution is 2.26. The van der Waals surface area contributed by atoms with E-state index in [-0.39, 0.29) is 13.2 Å². The number of aliphatic hydroxyl groups excluding tert-OH is 2. The molecule has 0 fully saturated rings. The highest BCUT2D eigenvalue weighted by Gasteiger charge is 2.41. The number of hydrogen-bond donors (Lipinski definition) is 2. The second-order valence-corrected chi connectivity index (χ2v) is 4.12. The summed E-state index contributed by atoms with van der Waals surface area (Å²) in [5.74, 6) is -0.422. The van der Waals surface area contributed by atoms with Gasteiger partial charge in [0.05, 0.1) is 0 Å². The van der Waals surface area contributed by atoms with Crippen molar-refractivity contribution >= 4 is 11.9 Å². The molecule has 8 nitrogen and oxygen atoms in total. The van der Waals surface area contributed by atoms with Crippen LogP contribution in [-0.2, 0) is 28.5 Å².